The minimum Gasteiger partial charge on any atom is -0.497 e. The van der Waals surface area contributed by atoms with Gasteiger partial charge in [-0.2, -0.15) is 5.10 Å². The van der Waals surface area contributed by atoms with Crippen molar-refractivity contribution in [2.45, 2.75) is 33.2 Å². The van der Waals surface area contributed by atoms with E-state index in [0.29, 0.717) is 19.4 Å². The number of halogens is 1. The van der Waals surface area contributed by atoms with E-state index in [0.717, 1.165) is 34.0 Å². The van der Waals surface area contributed by atoms with Gasteiger partial charge in [0.2, 0.25) is 5.91 Å². The molecule has 0 unspecified atom stereocenters. The van der Waals surface area contributed by atoms with E-state index in [9.17, 15) is 9.18 Å². The molecule has 3 aromatic rings. The third-order valence-corrected chi connectivity index (χ3v) is 4.74. The number of aryl methyl sites for hydroxylation is 1. The SMILES string of the molecule is COc1cccc(-n2nc(C)c(CCC(=O)NCc3ccc(F)cc3)c2C)c1. The highest BCUT2D eigenvalue weighted by atomic mass is 19.1. The van der Waals surface area contributed by atoms with Crippen molar-refractivity contribution in [1.82, 2.24) is 15.1 Å². The molecule has 0 bridgehead atoms. The quantitative estimate of drug-likeness (QED) is 0.676. The van der Waals surface area contributed by atoms with E-state index in [4.69, 9.17) is 4.74 Å². The molecule has 2 aromatic carbocycles. The lowest BCUT2D eigenvalue weighted by Gasteiger charge is -2.08. The lowest BCUT2D eigenvalue weighted by atomic mass is 10.1. The predicted octanol–water partition coefficient (Wildman–Crippen LogP) is 3.89. The third-order valence-electron chi connectivity index (χ3n) is 4.74. The summed E-state index contributed by atoms with van der Waals surface area (Å²) in [6.45, 7) is 4.35. The fourth-order valence-corrected chi connectivity index (χ4v) is 3.16. The van der Waals surface area contributed by atoms with Crippen molar-refractivity contribution < 1.29 is 13.9 Å². The number of aromatic nitrogens is 2. The highest BCUT2D eigenvalue weighted by Gasteiger charge is 2.14. The van der Waals surface area contributed by atoms with Gasteiger partial charge in [0.25, 0.3) is 0 Å². The molecule has 146 valence electrons. The maximum Gasteiger partial charge on any atom is 0.220 e. The van der Waals surface area contributed by atoms with Crippen LogP contribution in [0.3, 0.4) is 0 Å². The summed E-state index contributed by atoms with van der Waals surface area (Å²) < 4.78 is 20.1. The zero-order valence-electron chi connectivity index (χ0n) is 16.3. The van der Waals surface area contributed by atoms with Crippen LogP contribution in [-0.4, -0.2) is 22.8 Å². The summed E-state index contributed by atoms with van der Waals surface area (Å²) in [7, 11) is 1.64. The molecular weight excluding hydrogens is 357 g/mol. The fraction of sp³-hybridized carbons (Fsp3) is 0.273. The maximum absolute atomic E-state index is 12.9. The van der Waals surface area contributed by atoms with Gasteiger partial charge in [0.15, 0.2) is 0 Å². The van der Waals surface area contributed by atoms with Gasteiger partial charge < -0.3 is 10.1 Å². The van der Waals surface area contributed by atoms with Gasteiger partial charge in [0.05, 0.1) is 18.5 Å². The summed E-state index contributed by atoms with van der Waals surface area (Å²) in [6.07, 6.45) is 0.976. The molecule has 0 aliphatic heterocycles. The molecule has 0 saturated carbocycles. The third kappa shape index (κ3) is 4.57. The number of nitrogens with zero attached hydrogens (tertiary/aromatic N) is 2. The van der Waals surface area contributed by atoms with Crippen molar-refractivity contribution in [3.63, 3.8) is 0 Å². The lowest BCUT2D eigenvalue weighted by molar-refractivity contribution is -0.121. The Kier molecular flexibility index (Phi) is 6.09. The second-order valence-corrected chi connectivity index (χ2v) is 6.67. The molecule has 0 fully saturated rings. The number of methoxy groups -OCH3 is 1. The van der Waals surface area contributed by atoms with E-state index in [1.807, 2.05) is 42.8 Å². The van der Waals surface area contributed by atoms with Crippen LogP contribution in [0.1, 0.15) is 28.9 Å². The molecule has 0 aliphatic carbocycles. The monoisotopic (exact) mass is 381 g/mol. The first-order valence-electron chi connectivity index (χ1n) is 9.18. The number of rotatable bonds is 7. The number of hydrogen-bond donors (Lipinski definition) is 1. The van der Waals surface area contributed by atoms with Gasteiger partial charge in [-0.05, 0) is 55.7 Å². The molecular formula is C22H24FN3O2. The first-order valence-corrected chi connectivity index (χ1v) is 9.18. The molecule has 3 rings (SSSR count). The van der Waals surface area contributed by atoms with Crippen molar-refractivity contribution >= 4 is 5.91 Å². The topological polar surface area (TPSA) is 56.2 Å². The molecule has 5 nitrogen and oxygen atoms in total. The van der Waals surface area contributed by atoms with Crippen molar-refractivity contribution in [3.8, 4) is 11.4 Å². The van der Waals surface area contributed by atoms with Gasteiger partial charge in [0, 0.05) is 24.7 Å². The van der Waals surface area contributed by atoms with Gasteiger partial charge in [-0.15, -0.1) is 0 Å². The van der Waals surface area contributed by atoms with Crippen LogP contribution < -0.4 is 10.1 Å². The Balaban J connectivity index is 1.63. The van der Waals surface area contributed by atoms with Crippen molar-refractivity contribution in [2.24, 2.45) is 0 Å². The molecule has 0 aliphatic rings. The first-order chi connectivity index (χ1) is 13.5. The second kappa shape index (κ2) is 8.69. The molecule has 0 atom stereocenters. The van der Waals surface area contributed by atoms with Crippen LogP contribution in [0.15, 0.2) is 48.5 Å². The van der Waals surface area contributed by atoms with Crippen LogP contribution >= 0.6 is 0 Å². The van der Waals surface area contributed by atoms with E-state index >= 15 is 0 Å². The number of carbonyl (C=O) groups excluding carboxylic acids is 1. The number of ether oxygens (including phenoxy) is 1. The lowest BCUT2D eigenvalue weighted by Crippen LogP contribution is -2.23. The van der Waals surface area contributed by atoms with Crippen LogP contribution in [-0.2, 0) is 17.8 Å². The van der Waals surface area contributed by atoms with Crippen LogP contribution in [0.5, 0.6) is 5.75 Å². The summed E-state index contributed by atoms with van der Waals surface area (Å²) in [5.74, 6) is 0.443. The zero-order chi connectivity index (χ0) is 20.1. The average Bonchev–Trinajstić information content (AvgIpc) is 2.99. The normalized spacial score (nSPS) is 10.7. The Labute approximate surface area is 164 Å². The molecule has 1 amide bonds. The molecule has 1 heterocycles. The number of carbonyl (C=O) groups is 1. The Morgan fingerprint density at radius 2 is 1.93 bits per heavy atom. The predicted molar refractivity (Wildman–Crippen MR) is 106 cm³/mol. The van der Waals surface area contributed by atoms with E-state index < -0.39 is 0 Å². The minimum absolute atomic E-state index is 0.0442. The number of nitrogens with one attached hydrogen (secondary N) is 1. The fourth-order valence-electron chi connectivity index (χ4n) is 3.16. The Morgan fingerprint density at radius 1 is 1.18 bits per heavy atom. The molecule has 6 heteroatoms. The van der Waals surface area contributed by atoms with Gasteiger partial charge >= 0.3 is 0 Å². The standard InChI is InChI=1S/C22H24FN3O2/c1-15-21(11-12-22(27)24-14-17-7-9-18(23)10-8-17)16(2)26(25-15)19-5-4-6-20(13-19)28-3/h4-10,13H,11-12,14H2,1-3H3,(H,24,27). The van der Waals surface area contributed by atoms with Crippen molar-refractivity contribution in [2.75, 3.05) is 7.11 Å². The summed E-state index contributed by atoms with van der Waals surface area (Å²) in [6, 6.07) is 13.8. The highest BCUT2D eigenvalue weighted by Crippen LogP contribution is 2.22. The van der Waals surface area contributed by atoms with Crippen LogP contribution in [0.2, 0.25) is 0 Å². The van der Waals surface area contributed by atoms with E-state index in [1.54, 1.807) is 19.2 Å². The van der Waals surface area contributed by atoms with Gasteiger partial charge in [-0.3, -0.25) is 4.79 Å². The minimum atomic E-state index is -0.283. The zero-order valence-corrected chi connectivity index (χ0v) is 16.3. The van der Waals surface area contributed by atoms with E-state index in [2.05, 4.69) is 10.4 Å². The summed E-state index contributed by atoms with van der Waals surface area (Å²) in [4.78, 5) is 12.2. The smallest absolute Gasteiger partial charge is 0.220 e. The highest BCUT2D eigenvalue weighted by molar-refractivity contribution is 5.76. The first kappa shape index (κ1) is 19.6. The molecule has 0 radical (unpaired) electrons. The Hall–Kier alpha value is -3.15. The number of hydrogen-bond acceptors (Lipinski definition) is 3. The van der Waals surface area contributed by atoms with Crippen LogP contribution in [0, 0.1) is 19.7 Å². The van der Waals surface area contributed by atoms with Crippen LogP contribution in [0.4, 0.5) is 4.39 Å². The molecule has 1 aromatic heterocycles. The number of amides is 1. The van der Waals surface area contributed by atoms with Crippen molar-refractivity contribution in [1.29, 1.82) is 0 Å². The summed E-state index contributed by atoms with van der Waals surface area (Å²) in [5.41, 5.74) is 4.78. The second-order valence-electron chi connectivity index (χ2n) is 6.67. The summed E-state index contributed by atoms with van der Waals surface area (Å²) in [5, 5.41) is 7.51. The molecule has 1 N–H and O–H groups in total. The van der Waals surface area contributed by atoms with Gasteiger partial charge in [-0.1, -0.05) is 18.2 Å². The number of benzene rings is 2. The van der Waals surface area contributed by atoms with Crippen molar-refractivity contribution in [3.05, 3.63) is 76.9 Å². The molecule has 0 saturated heterocycles. The summed E-state index contributed by atoms with van der Waals surface area (Å²) >= 11 is 0. The van der Waals surface area contributed by atoms with Gasteiger partial charge in [0.1, 0.15) is 11.6 Å². The molecule has 28 heavy (non-hydrogen) atoms. The largest absolute Gasteiger partial charge is 0.497 e. The average molecular weight is 381 g/mol. The molecule has 0 spiro atoms. The van der Waals surface area contributed by atoms with E-state index in [1.165, 1.54) is 12.1 Å². The maximum atomic E-state index is 12.9. The van der Waals surface area contributed by atoms with E-state index in [-0.39, 0.29) is 11.7 Å². The Morgan fingerprint density at radius 3 is 2.64 bits per heavy atom. The van der Waals surface area contributed by atoms with Gasteiger partial charge in [-0.25, -0.2) is 9.07 Å². The Bertz CT molecular complexity index is 964. The van der Waals surface area contributed by atoms with Crippen LogP contribution in [0.25, 0.3) is 5.69 Å².